The number of nitrogens with one attached hydrogen (secondary N) is 1. The van der Waals surface area contributed by atoms with E-state index in [1.54, 1.807) is 19.2 Å². The van der Waals surface area contributed by atoms with Crippen LogP contribution in [0, 0.1) is 13.8 Å². The Morgan fingerprint density at radius 2 is 1.34 bits per heavy atom. The molecule has 0 aliphatic carbocycles. The normalized spacial score (nSPS) is 10.5. The van der Waals surface area contributed by atoms with Crippen molar-refractivity contribution in [3.05, 3.63) is 89.5 Å². The van der Waals surface area contributed by atoms with Gasteiger partial charge in [0.1, 0.15) is 0 Å². The number of nitrogens with zero attached hydrogens (tertiary/aromatic N) is 1. The van der Waals surface area contributed by atoms with Crippen LogP contribution in [0.25, 0.3) is 11.1 Å². The number of aryl methyl sites for hydroxylation is 2. The summed E-state index contributed by atoms with van der Waals surface area (Å²) in [6, 6.07) is 23.1. The van der Waals surface area contributed by atoms with Crippen LogP contribution in [0.15, 0.2) is 72.8 Å². The van der Waals surface area contributed by atoms with Crippen LogP contribution in [0.5, 0.6) is 0 Å². The summed E-state index contributed by atoms with van der Waals surface area (Å²) in [5.41, 5.74) is 5.41. The molecular formula is C27H28N2O3. The highest BCUT2D eigenvalue weighted by Gasteiger charge is 2.16. The van der Waals surface area contributed by atoms with Crippen LogP contribution in [0.2, 0.25) is 0 Å². The van der Waals surface area contributed by atoms with Crippen molar-refractivity contribution in [1.82, 2.24) is 4.90 Å². The largest absolute Gasteiger partial charge is 0.336 e. The first-order chi connectivity index (χ1) is 15.3. The molecule has 3 aromatic rings. The summed E-state index contributed by atoms with van der Waals surface area (Å²) in [5.74, 6) is -0.594. The summed E-state index contributed by atoms with van der Waals surface area (Å²) in [4.78, 5) is 38.7. The highest BCUT2D eigenvalue weighted by Crippen LogP contribution is 2.21. The number of ketones is 1. The Hall–Kier alpha value is -3.73. The van der Waals surface area contributed by atoms with Gasteiger partial charge in [0.25, 0.3) is 0 Å². The zero-order valence-electron chi connectivity index (χ0n) is 18.7. The molecule has 0 atom stereocenters. The molecule has 32 heavy (non-hydrogen) atoms. The maximum absolute atomic E-state index is 12.5. The molecule has 0 saturated carbocycles. The number of carbonyl (C=O) groups is 3. The SMILES string of the molecule is Cc1cccc(C)c1NC(=O)CN(C)C(=O)CCC(=O)c1ccc(-c2ccccc2)cc1. The molecule has 0 aromatic heterocycles. The van der Waals surface area contributed by atoms with E-state index < -0.39 is 0 Å². The van der Waals surface area contributed by atoms with Crippen molar-refractivity contribution in [3.63, 3.8) is 0 Å². The van der Waals surface area contributed by atoms with E-state index in [0.29, 0.717) is 5.56 Å². The molecule has 0 bridgehead atoms. The maximum Gasteiger partial charge on any atom is 0.243 e. The molecule has 0 aliphatic rings. The molecule has 3 rings (SSSR count). The minimum absolute atomic E-state index is 0.0619. The molecule has 5 nitrogen and oxygen atoms in total. The molecule has 164 valence electrons. The molecule has 0 unspecified atom stereocenters. The Bertz CT molecular complexity index is 1090. The van der Waals surface area contributed by atoms with Gasteiger partial charge in [0.15, 0.2) is 5.78 Å². The van der Waals surface area contributed by atoms with Gasteiger partial charge in [0, 0.05) is 31.1 Å². The number of likely N-dealkylation sites (N-methyl/N-ethyl adjacent to an activating group) is 1. The van der Waals surface area contributed by atoms with Gasteiger partial charge in [0.05, 0.1) is 6.54 Å². The molecule has 5 heteroatoms. The summed E-state index contributed by atoms with van der Waals surface area (Å²) in [7, 11) is 1.58. The van der Waals surface area contributed by atoms with Crippen molar-refractivity contribution in [1.29, 1.82) is 0 Å². The Balaban J connectivity index is 1.50. The van der Waals surface area contributed by atoms with Crippen LogP contribution in [0.1, 0.15) is 34.3 Å². The minimum Gasteiger partial charge on any atom is -0.336 e. The number of hydrogen-bond donors (Lipinski definition) is 1. The fourth-order valence-corrected chi connectivity index (χ4v) is 3.53. The fraction of sp³-hybridized carbons (Fsp3) is 0.222. The number of anilines is 1. The van der Waals surface area contributed by atoms with E-state index in [4.69, 9.17) is 0 Å². The monoisotopic (exact) mass is 428 g/mol. The van der Waals surface area contributed by atoms with E-state index in [1.807, 2.05) is 74.5 Å². The van der Waals surface area contributed by atoms with Gasteiger partial charge in [-0.1, -0.05) is 72.8 Å². The molecule has 0 spiro atoms. The second-order valence-corrected chi connectivity index (χ2v) is 7.93. The number of carbonyl (C=O) groups excluding carboxylic acids is 3. The third kappa shape index (κ3) is 5.91. The van der Waals surface area contributed by atoms with Gasteiger partial charge in [-0.15, -0.1) is 0 Å². The molecule has 0 heterocycles. The lowest BCUT2D eigenvalue weighted by atomic mass is 10.0. The van der Waals surface area contributed by atoms with Crippen LogP contribution in [0.4, 0.5) is 5.69 Å². The topological polar surface area (TPSA) is 66.5 Å². The number of amides is 2. The van der Waals surface area contributed by atoms with Gasteiger partial charge < -0.3 is 10.2 Å². The zero-order chi connectivity index (χ0) is 23.1. The highest BCUT2D eigenvalue weighted by atomic mass is 16.2. The number of rotatable bonds is 8. The number of Topliss-reactive ketones (excluding diaryl/α,β-unsaturated/α-hetero) is 1. The van der Waals surface area contributed by atoms with Crippen molar-refractivity contribution in [2.45, 2.75) is 26.7 Å². The summed E-state index contributed by atoms with van der Waals surface area (Å²) in [6.45, 7) is 3.79. The van der Waals surface area contributed by atoms with Gasteiger partial charge in [-0.25, -0.2) is 0 Å². The molecule has 3 aromatic carbocycles. The Morgan fingerprint density at radius 1 is 0.750 bits per heavy atom. The molecular weight excluding hydrogens is 400 g/mol. The van der Waals surface area contributed by atoms with E-state index in [0.717, 1.165) is 27.9 Å². The lowest BCUT2D eigenvalue weighted by Crippen LogP contribution is -2.35. The summed E-state index contributed by atoms with van der Waals surface area (Å²) in [6.07, 6.45) is 0.165. The van der Waals surface area contributed by atoms with Crippen LogP contribution >= 0.6 is 0 Å². The van der Waals surface area contributed by atoms with Crippen molar-refractivity contribution >= 4 is 23.3 Å². The smallest absolute Gasteiger partial charge is 0.243 e. The number of hydrogen-bond acceptors (Lipinski definition) is 3. The predicted octanol–water partition coefficient (Wildman–Crippen LogP) is 5.03. The van der Waals surface area contributed by atoms with Gasteiger partial charge in [-0.2, -0.15) is 0 Å². The lowest BCUT2D eigenvalue weighted by molar-refractivity contribution is -0.133. The van der Waals surface area contributed by atoms with Crippen molar-refractivity contribution < 1.29 is 14.4 Å². The average Bonchev–Trinajstić information content (AvgIpc) is 2.80. The van der Waals surface area contributed by atoms with Crippen LogP contribution in [0.3, 0.4) is 0 Å². The zero-order valence-corrected chi connectivity index (χ0v) is 18.7. The Labute approximate surface area is 189 Å². The first-order valence-corrected chi connectivity index (χ1v) is 10.6. The highest BCUT2D eigenvalue weighted by molar-refractivity contribution is 5.99. The second kappa shape index (κ2) is 10.5. The summed E-state index contributed by atoms with van der Waals surface area (Å²) in [5, 5.41) is 2.87. The molecule has 0 aliphatic heterocycles. The van der Waals surface area contributed by atoms with E-state index in [1.165, 1.54) is 4.90 Å². The standard InChI is InChI=1S/C27H28N2O3/c1-19-8-7-9-20(2)27(19)28-25(31)18-29(3)26(32)17-16-24(30)23-14-12-22(13-15-23)21-10-5-4-6-11-21/h4-15H,16-18H2,1-3H3,(H,28,31). The molecule has 0 radical (unpaired) electrons. The lowest BCUT2D eigenvalue weighted by Gasteiger charge is -2.18. The number of para-hydroxylation sites is 1. The molecule has 0 saturated heterocycles. The van der Waals surface area contributed by atoms with Gasteiger partial charge in [0.2, 0.25) is 11.8 Å². The van der Waals surface area contributed by atoms with Crippen LogP contribution < -0.4 is 5.32 Å². The first kappa shape index (κ1) is 22.9. The molecule has 0 fully saturated rings. The van der Waals surface area contributed by atoms with Crippen molar-refractivity contribution in [3.8, 4) is 11.1 Å². The molecule has 1 N–H and O–H groups in total. The first-order valence-electron chi connectivity index (χ1n) is 10.6. The van der Waals surface area contributed by atoms with E-state index in [2.05, 4.69) is 5.32 Å². The van der Waals surface area contributed by atoms with E-state index in [9.17, 15) is 14.4 Å². The second-order valence-electron chi connectivity index (χ2n) is 7.93. The van der Waals surface area contributed by atoms with Crippen molar-refractivity contribution in [2.24, 2.45) is 0 Å². The quantitative estimate of drug-likeness (QED) is 0.512. The third-order valence-electron chi connectivity index (χ3n) is 5.43. The molecule has 2 amide bonds. The van der Waals surface area contributed by atoms with Gasteiger partial charge in [-0.05, 0) is 36.1 Å². The summed E-state index contributed by atoms with van der Waals surface area (Å²) < 4.78 is 0. The average molecular weight is 429 g/mol. The Morgan fingerprint density at radius 3 is 1.97 bits per heavy atom. The van der Waals surface area contributed by atoms with Crippen LogP contribution in [-0.4, -0.2) is 36.1 Å². The fourth-order valence-electron chi connectivity index (χ4n) is 3.53. The predicted molar refractivity (Wildman–Crippen MR) is 128 cm³/mol. The van der Waals surface area contributed by atoms with Crippen molar-refractivity contribution in [2.75, 3.05) is 18.9 Å². The van der Waals surface area contributed by atoms with E-state index in [-0.39, 0.29) is 37.0 Å². The van der Waals surface area contributed by atoms with E-state index >= 15 is 0 Å². The van der Waals surface area contributed by atoms with Crippen LogP contribution in [-0.2, 0) is 9.59 Å². The van der Waals surface area contributed by atoms with Gasteiger partial charge >= 0.3 is 0 Å². The maximum atomic E-state index is 12.5. The summed E-state index contributed by atoms with van der Waals surface area (Å²) >= 11 is 0. The van der Waals surface area contributed by atoms with Gasteiger partial charge in [-0.3, -0.25) is 14.4 Å². The minimum atomic E-state index is -0.263. The third-order valence-corrected chi connectivity index (χ3v) is 5.43. The number of benzene rings is 3. The Kier molecular flexibility index (Phi) is 7.55.